The molecule has 0 saturated heterocycles. The van der Waals surface area contributed by atoms with Gasteiger partial charge in [0.15, 0.2) is 0 Å². The van der Waals surface area contributed by atoms with Crippen LogP contribution in [0.4, 0.5) is 17.1 Å². The van der Waals surface area contributed by atoms with Gasteiger partial charge in [-0.25, -0.2) is 0 Å². The van der Waals surface area contributed by atoms with E-state index < -0.39 is 0 Å². The second-order valence-corrected chi connectivity index (χ2v) is 5.62. The molecule has 0 bridgehead atoms. The van der Waals surface area contributed by atoms with Gasteiger partial charge >= 0.3 is 0 Å². The molecule has 94 valence electrons. The van der Waals surface area contributed by atoms with Crippen LogP contribution >= 0.6 is 31.9 Å². The standard InChI is InChI=1S/C14H14Br2N2/c1-2-18(11-6-4-3-5-7-11)14-12(15)8-10(17)9-13(14)16/h3-9H,2,17H2,1H3. The zero-order chi connectivity index (χ0) is 13.1. The lowest BCUT2D eigenvalue weighted by Gasteiger charge is -2.26. The van der Waals surface area contributed by atoms with Crippen LogP contribution in [0.2, 0.25) is 0 Å². The highest BCUT2D eigenvalue weighted by Gasteiger charge is 2.14. The van der Waals surface area contributed by atoms with Gasteiger partial charge in [-0.05, 0) is 63.0 Å². The quantitative estimate of drug-likeness (QED) is 0.775. The van der Waals surface area contributed by atoms with E-state index in [0.717, 1.165) is 32.6 Å². The van der Waals surface area contributed by atoms with E-state index in [4.69, 9.17) is 5.73 Å². The minimum Gasteiger partial charge on any atom is -0.399 e. The summed E-state index contributed by atoms with van der Waals surface area (Å²) in [7, 11) is 0. The first kappa shape index (κ1) is 13.4. The maximum Gasteiger partial charge on any atom is 0.0700 e. The number of anilines is 3. The summed E-state index contributed by atoms with van der Waals surface area (Å²) in [4.78, 5) is 2.23. The Morgan fingerprint density at radius 1 is 1.06 bits per heavy atom. The Kier molecular flexibility index (Phi) is 4.30. The summed E-state index contributed by atoms with van der Waals surface area (Å²) in [6.45, 7) is 3.01. The van der Waals surface area contributed by atoms with Crippen LogP contribution < -0.4 is 10.6 Å². The second-order valence-electron chi connectivity index (χ2n) is 3.91. The number of rotatable bonds is 3. The lowest BCUT2D eigenvalue weighted by Crippen LogP contribution is -2.17. The molecule has 0 unspecified atom stereocenters. The summed E-state index contributed by atoms with van der Waals surface area (Å²) in [5.74, 6) is 0. The third kappa shape index (κ3) is 2.70. The number of hydrogen-bond donors (Lipinski definition) is 1. The minimum absolute atomic E-state index is 0.738. The molecule has 0 aliphatic heterocycles. The normalized spacial score (nSPS) is 10.4. The van der Waals surface area contributed by atoms with Crippen molar-refractivity contribution in [1.82, 2.24) is 0 Å². The van der Waals surface area contributed by atoms with Crippen molar-refractivity contribution in [2.45, 2.75) is 6.92 Å². The van der Waals surface area contributed by atoms with E-state index >= 15 is 0 Å². The fourth-order valence-electron chi connectivity index (χ4n) is 1.92. The number of hydrogen-bond acceptors (Lipinski definition) is 2. The van der Waals surface area contributed by atoms with E-state index in [1.807, 2.05) is 30.3 Å². The number of nitrogen functional groups attached to an aromatic ring is 1. The molecule has 0 amide bonds. The number of para-hydroxylation sites is 1. The molecule has 0 fully saturated rings. The maximum absolute atomic E-state index is 5.83. The van der Waals surface area contributed by atoms with Crippen LogP contribution in [0.5, 0.6) is 0 Å². The summed E-state index contributed by atoms with van der Waals surface area (Å²) in [6.07, 6.45) is 0. The van der Waals surface area contributed by atoms with E-state index in [2.05, 4.69) is 55.8 Å². The SMILES string of the molecule is CCN(c1ccccc1)c1c(Br)cc(N)cc1Br. The van der Waals surface area contributed by atoms with Crippen LogP contribution in [0.15, 0.2) is 51.4 Å². The van der Waals surface area contributed by atoms with Crippen molar-refractivity contribution in [1.29, 1.82) is 0 Å². The highest BCUT2D eigenvalue weighted by Crippen LogP contribution is 2.39. The molecule has 2 aromatic carbocycles. The maximum atomic E-state index is 5.83. The number of halogens is 2. The van der Waals surface area contributed by atoms with Crippen molar-refractivity contribution < 1.29 is 0 Å². The van der Waals surface area contributed by atoms with Crippen molar-refractivity contribution in [3.63, 3.8) is 0 Å². The molecule has 4 heteroatoms. The molecule has 2 aromatic rings. The summed E-state index contributed by atoms with van der Waals surface area (Å²) in [6, 6.07) is 14.1. The van der Waals surface area contributed by atoms with Gasteiger partial charge in [-0.15, -0.1) is 0 Å². The molecule has 18 heavy (non-hydrogen) atoms. The fourth-order valence-corrected chi connectivity index (χ4v) is 3.57. The smallest absolute Gasteiger partial charge is 0.0700 e. The summed E-state index contributed by atoms with van der Waals surface area (Å²) in [5, 5.41) is 0. The molecular weight excluding hydrogens is 356 g/mol. The van der Waals surface area contributed by atoms with Gasteiger partial charge in [0.1, 0.15) is 0 Å². The van der Waals surface area contributed by atoms with Crippen LogP contribution in [-0.2, 0) is 0 Å². The van der Waals surface area contributed by atoms with Gasteiger partial charge < -0.3 is 10.6 Å². The lowest BCUT2D eigenvalue weighted by molar-refractivity contribution is 1.02. The average Bonchev–Trinajstić information content (AvgIpc) is 2.34. The Balaban J connectivity index is 2.52. The molecular formula is C14H14Br2N2. The van der Waals surface area contributed by atoms with Gasteiger partial charge in [0, 0.05) is 26.9 Å². The number of nitrogens with two attached hydrogens (primary N) is 1. The van der Waals surface area contributed by atoms with Gasteiger partial charge in [0.2, 0.25) is 0 Å². The zero-order valence-electron chi connectivity index (χ0n) is 10.0. The fraction of sp³-hybridized carbons (Fsp3) is 0.143. The van der Waals surface area contributed by atoms with E-state index in [-0.39, 0.29) is 0 Å². The molecule has 0 atom stereocenters. The van der Waals surface area contributed by atoms with Gasteiger partial charge in [-0.2, -0.15) is 0 Å². The number of nitrogens with zero attached hydrogens (tertiary/aromatic N) is 1. The average molecular weight is 370 g/mol. The zero-order valence-corrected chi connectivity index (χ0v) is 13.2. The van der Waals surface area contributed by atoms with Gasteiger partial charge in [0.25, 0.3) is 0 Å². The highest BCUT2D eigenvalue weighted by molar-refractivity contribution is 9.11. The molecule has 0 aliphatic carbocycles. The van der Waals surface area contributed by atoms with Crippen LogP contribution in [0, 0.1) is 0 Å². The highest BCUT2D eigenvalue weighted by atomic mass is 79.9. The van der Waals surface area contributed by atoms with Gasteiger partial charge in [-0.3, -0.25) is 0 Å². The van der Waals surface area contributed by atoms with Crippen LogP contribution in [0.25, 0.3) is 0 Å². The predicted molar refractivity (Wildman–Crippen MR) is 85.4 cm³/mol. The van der Waals surface area contributed by atoms with E-state index in [1.165, 1.54) is 0 Å². The Bertz CT molecular complexity index is 518. The Morgan fingerprint density at radius 2 is 1.61 bits per heavy atom. The summed E-state index contributed by atoms with van der Waals surface area (Å²) < 4.78 is 1.97. The third-order valence-electron chi connectivity index (χ3n) is 2.69. The molecule has 0 heterocycles. The molecule has 0 saturated carbocycles. The van der Waals surface area contributed by atoms with E-state index in [9.17, 15) is 0 Å². The first-order valence-corrected chi connectivity index (χ1v) is 7.29. The van der Waals surface area contributed by atoms with Gasteiger partial charge in [-0.1, -0.05) is 18.2 Å². The van der Waals surface area contributed by atoms with Crippen LogP contribution in [-0.4, -0.2) is 6.54 Å². The number of benzene rings is 2. The van der Waals surface area contributed by atoms with Crippen molar-refractivity contribution >= 4 is 48.9 Å². The monoisotopic (exact) mass is 368 g/mol. The largest absolute Gasteiger partial charge is 0.399 e. The predicted octanol–water partition coefficient (Wildman–Crippen LogP) is 4.95. The molecule has 2 N–H and O–H groups in total. The summed E-state index contributed by atoms with van der Waals surface area (Å²) >= 11 is 7.17. The Labute approximate surface area is 124 Å². The van der Waals surface area contributed by atoms with E-state index in [1.54, 1.807) is 0 Å². The molecule has 0 spiro atoms. The summed E-state index contributed by atoms with van der Waals surface area (Å²) in [5.41, 5.74) is 8.82. The van der Waals surface area contributed by atoms with Crippen LogP contribution in [0.1, 0.15) is 6.92 Å². The molecule has 2 rings (SSSR count). The molecule has 2 nitrogen and oxygen atoms in total. The van der Waals surface area contributed by atoms with Crippen molar-refractivity contribution in [3.05, 3.63) is 51.4 Å². The molecule has 0 aromatic heterocycles. The molecule has 0 aliphatic rings. The Morgan fingerprint density at radius 3 is 2.11 bits per heavy atom. The first-order valence-electron chi connectivity index (χ1n) is 5.70. The van der Waals surface area contributed by atoms with Crippen molar-refractivity contribution in [3.8, 4) is 0 Å². The topological polar surface area (TPSA) is 29.3 Å². The first-order chi connectivity index (χ1) is 8.63. The lowest BCUT2D eigenvalue weighted by atomic mass is 10.2. The van der Waals surface area contributed by atoms with Gasteiger partial charge in [0.05, 0.1) is 5.69 Å². The Hall–Kier alpha value is -1.00. The van der Waals surface area contributed by atoms with E-state index in [0.29, 0.717) is 0 Å². The second kappa shape index (κ2) is 5.76. The molecule has 0 radical (unpaired) electrons. The van der Waals surface area contributed by atoms with Crippen molar-refractivity contribution in [2.75, 3.05) is 17.2 Å². The van der Waals surface area contributed by atoms with Crippen LogP contribution in [0.3, 0.4) is 0 Å². The minimum atomic E-state index is 0.738. The third-order valence-corrected chi connectivity index (χ3v) is 3.90. The van der Waals surface area contributed by atoms with Crippen molar-refractivity contribution in [2.24, 2.45) is 0 Å².